The summed E-state index contributed by atoms with van der Waals surface area (Å²) < 4.78 is 10.9. The molecular formula is C20H21ClN2O4. The first-order valence-electron chi connectivity index (χ1n) is 8.70. The molecule has 0 aliphatic carbocycles. The Morgan fingerprint density at radius 2 is 2.04 bits per heavy atom. The molecule has 0 bridgehead atoms. The van der Waals surface area contributed by atoms with Gasteiger partial charge in [0.15, 0.2) is 0 Å². The van der Waals surface area contributed by atoms with Crippen molar-refractivity contribution in [1.29, 1.82) is 0 Å². The monoisotopic (exact) mass is 388 g/mol. The molecule has 1 N–H and O–H groups in total. The van der Waals surface area contributed by atoms with Gasteiger partial charge in [0.2, 0.25) is 11.8 Å². The van der Waals surface area contributed by atoms with Crippen LogP contribution in [0.1, 0.15) is 13.3 Å². The van der Waals surface area contributed by atoms with Crippen LogP contribution in [0, 0.1) is 5.92 Å². The fourth-order valence-electron chi connectivity index (χ4n) is 3.09. The molecule has 2 aromatic carbocycles. The van der Waals surface area contributed by atoms with Gasteiger partial charge in [-0.1, -0.05) is 23.7 Å². The Morgan fingerprint density at radius 3 is 2.78 bits per heavy atom. The molecule has 27 heavy (non-hydrogen) atoms. The third-order valence-electron chi connectivity index (χ3n) is 4.37. The van der Waals surface area contributed by atoms with Crippen LogP contribution in [-0.4, -0.2) is 32.1 Å². The first-order chi connectivity index (χ1) is 13.0. The number of methoxy groups -OCH3 is 1. The van der Waals surface area contributed by atoms with Gasteiger partial charge < -0.3 is 19.7 Å². The highest BCUT2D eigenvalue weighted by Crippen LogP contribution is 2.34. The summed E-state index contributed by atoms with van der Waals surface area (Å²) in [6, 6.07) is 12.3. The van der Waals surface area contributed by atoms with E-state index in [-0.39, 0.29) is 24.8 Å². The number of halogens is 1. The molecule has 7 heteroatoms. The van der Waals surface area contributed by atoms with Crippen molar-refractivity contribution < 1.29 is 19.1 Å². The molecule has 1 heterocycles. The first kappa shape index (κ1) is 19.0. The van der Waals surface area contributed by atoms with Crippen LogP contribution in [0.5, 0.6) is 11.5 Å². The van der Waals surface area contributed by atoms with Crippen LogP contribution in [0.15, 0.2) is 42.5 Å². The van der Waals surface area contributed by atoms with Crippen molar-refractivity contribution in [1.82, 2.24) is 0 Å². The van der Waals surface area contributed by atoms with E-state index in [1.54, 1.807) is 23.1 Å². The average Bonchev–Trinajstić information content (AvgIpc) is 3.04. The van der Waals surface area contributed by atoms with E-state index >= 15 is 0 Å². The highest BCUT2D eigenvalue weighted by Gasteiger charge is 2.36. The minimum absolute atomic E-state index is 0.111. The van der Waals surface area contributed by atoms with Crippen molar-refractivity contribution in [2.24, 2.45) is 5.92 Å². The lowest BCUT2D eigenvalue weighted by Gasteiger charge is -2.20. The van der Waals surface area contributed by atoms with Gasteiger partial charge >= 0.3 is 0 Å². The predicted molar refractivity (Wildman–Crippen MR) is 105 cm³/mol. The minimum atomic E-state index is -0.476. The van der Waals surface area contributed by atoms with Crippen LogP contribution >= 0.6 is 11.6 Å². The zero-order valence-corrected chi connectivity index (χ0v) is 16.0. The lowest BCUT2D eigenvalue weighted by atomic mass is 10.1. The number of ether oxygens (including phenoxy) is 2. The first-order valence-corrected chi connectivity index (χ1v) is 9.08. The number of nitrogens with one attached hydrogen (secondary N) is 1. The van der Waals surface area contributed by atoms with Gasteiger partial charge in [-0.2, -0.15) is 0 Å². The highest BCUT2D eigenvalue weighted by atomic mass is 35.5. The Hall–Kier alpha value is -2.73. The van der Waals surface area contributed by atoms with Crippen LogP contribution in [0.25, 0.3) is 0 Å². The quantitative estimate of drug-likeness (QED) is 0.818. The summed E-state index contributed by atoms with van der Waals surface area (Å²) >= 11 is 6.01. The van der Waals surface area contributed by atoms with Crippen molar-refractivity contribution >= 4 is 34.8 Å². The molecule has 1 atom stereocenters. The Labute approximate surface area is 163 Å². The molecule has 2 aromatic rings. The molecule has 0 aromatic heterocycles. The topological polar surface area (TPSA) is 67.9 Å². The van der Waals surface area contributed by atoms with E-state index in [1.807, 2.05) is 31.2 Å². The number of para-hydroxylation sites is 2. The number of rotatable bonds is 6. The summed E-state index contributed by atoms with van der Waals surface area (Å²) in [6.45, 7) is 2.67. The maximum Gasteiger partial charge on any atom is 0.229 e. The molecule has 0 unspecified atom stereocenters. The molecule has 1 saturated heterocycles. The van der Waals surface area contributed by atoms with Crippen molar-refractivity contribution in [2.75, 3.05) is 30.5 Å². The second kappa shape index (κ2) is 8.31. The largest absolute Gasteiger partial charge is 0.495 e. The number of nitrogens with zero attached hydrogens (tertiary/aromatic N) is 1. The lowest BCUT2D eigenvalue weighted by Crippen LogP contribution is -2.28. The number of benzene rings is 2. The summed E-state index contributed by atoms with van der Waals surface area (Å²) in [5, 5.41) is 3.30. The van der Waals surface area contributed by atoms with Crippen LogP contribution in [-0.2, 0) is 9.59 Å². The van der Waals surface area contributed by atoms with E-state index in [1.165, 1.54) is 7.11 Å². The average molecular weight is 389 g/mol. The SMILES string of the molecule is CCOc1ccccc1N1C[C@H](C(=O)Nc2cc(Cl)ccc2OC)CC1=O. The smallest absolute Gasteiger partial charge is 0.229 e. The molecule has 1 aliphatic rings. The maximum absolute atomic E-state index is 12.7. The number of carbonyl (C=O) groups is 2. The summed E-state index contributed by atoms with van der Waals surface area (Å²) in [5.74, 6) is 0.304. The zero-order valence-electron chi connectivity index (χ0n) is 15.2. The van der Waals surface area contributed by atoms with Crippen LogP contribution in [0.2, 0.25) is 5.02 Å². The zero-order chi connectivity index (χ0) is 19.4. The fraction of sp³-hybridized carbons (Fsp3) is 0.300. The summed E-state index contributed by atoms with van der Waals surface area (Å²) in [6.07, 6.45) is 0.134. The molecule has 1 aliphatic heterocycles. The molecule has 1 fully saturated rings. The van der Waals surface area contributed by atoms with E-state index < -0.39 is 5.92 Å². The number of anilines is 2. The minimum Gasteiger partial charge on any atom is -0.495 e. The van der Waals surface area contributed by atoms with Gasteiger partial charge in [-0.05, 0) is 37.3 Å². The van der Waals surface area contributed by atoms with Crippen molar-refractivity contribution in [2.45, 2.75) is 13.3 Å². The summed E-state index contributed by atoms with van der Waals surface area (Å²) in [7, 11) is 1.52. The van der Waals surface area contributed by atoms with Gasteiger partial charge in [-0.15, -0.1) is 0 Å². The summed E-state index contributed by atoms with van der Waals surface area (Å²) in [4.78, 5) is 26.8. The highest BCUT2D eigenvalue weighted by molar-refractivity contribution is 6.31. The molecule has 0 radical (unpaired) electrons. The van der Waals surface area contributed by atoms with Gasteiger partial charge in [0.25, 0.3) is 0 Å². The molecule has 0 saturated carbocycles. The molecule has 6 nitrogen and oxygen atoms in total. The van der Waals surface area contributed by atoms with E-state index in [0.29, 0.717) is 34.5 Å². The van der Waals surface area contributed by atoms with E-state index in [4.69, 9.17) is 21.1 Å². The fourth-order valence-corrected chi connectivity index (χ4v) is 3.26. The third-order valence-corrected chi connectivity index (χ3v) is 4.61. The van der Waals surface area contributed by atoms with E-state index in [0.717, 1.165) is 0 Å². The Kier molecular flexibility index (Phi) is 5.86. The molecule has 2 amide bonds. The van der Waals surface area contributed by atoms with Crippen LogP contribution in [0.3, 0.4) is 0 Å². The lowest BCUT2D eigenvalue weighted by molar-refractivity contribution is -0.122. The second-order valence-corrected chi connectivity index (χ2v) is 6.58. The van der Waals surface area contributed by atoms with Crippen molar-refractivity contribution in [3.63, 3.8) is 0 Å². The number of amides is 2. The standard InChI is InChI=1S/C20H21ClN2O4/c1-3-27-18-7-5-4-6-16(18)23-12-13(10-19(23)24)20(25)22-15-11-14(21)8-9-17(15)26-2/h4-9,11,13H,3,10,12H2,1-2H3,(H,22,25)/t13-/m1/s1. The molecule has 142 valence electrons. The number of hydrogen-bond acceptors (Lipinski definition) is 4. The number of hydrogen-bond donors (Lipinski definition) is 1. The van der Waals surface area contributed by atoms with Crippen molar-refractivity contribution in [3.8, 4) is 11.5 Å². The van der Waals surface area contributed by atoms with E-state index in [2.05, 4.69) is 5.32 Å². The molecule has 3 rings (SSSR count). The third kappa shape index (κ3) is 4.17. The van der Waals surface area contributed by atoms with Crippen LogP contribution < -0.4 is 19.7 Å². The normalized spacial score (nSPS) is 16.3. The molecular weight excluding hydrogens is 368 g/mol. The van der Waals surface area contributed by atoms with Crippen molar-refractivity contribution in [3.05, 3.63) is 47.5 Å². The van der Waals surface area contributed by atoms with E-state index in [9.17, 15) is 9.59 Å². The Balaban J connectivity index is 1.76. The van der Waals surface area contributed by atoms with Gasteiger partial charge in [-0.25, -0.2) is 0 Å². The maximum atomic E-state index is 12.7. The van der Waals surface area contributed by atoms with Crippen LogP contribution in [0.4, 0.5) is 11.4 Å². The number of carbonyl (C=O) groups excluding carboxylic acids is 2. The van der Waals surface area contributed by atoms with Gasteiger partial charge in [0.05, 0.1) is 31.0 Å². The molecule has 0 spiro atoms. The van der Waals surface area contributed by atoms with Gasteiger partial charge in [-0.3, -0.25) is 9.59 Å². The summed E-state index contributed by atoms with van der Waals surface area (Å²) in [5.41, 5.74) is 1.16. The van der Waals surface area contributed by atoms with Gasteiger partial charge in [0.1, 0.15) is 11.5 Å². The Morgan fingerprint density at radius 1 is 1.26 bits per heavy atom. The Bertz CT molecular complexity index is 856. The predicted octanol–water partition coefficient (Wildman–Crippen LogP) is 3.74. The van der Waals surface area contributed by atoms with Gasteiger partial charge in [0, 0.05) is 18.0 Å². The second-order valence-electron chi connectivity index (χ2n) is 6.14.